The highest BCUT2D eigenvalue weighted by Gasteiger charge is 2.25. The molecule has 0 aliphatic carbocycles. The van der Waals surface area contributed by atoms with Crippen molar-refractivity contribution in [1.29, 1.82) is 0 Å². The zero-order valence-electron chi connectivity index (χ0n) is 14.0. The van der Waals surface area contributed by atoms with Crippen molar-refractivity contribution in [3.63, 3.8) is 0 Å². The minimum atomic E-state index is -3.67. The van der Waals surface area contributed by atoms with Gasteiger partial charge in [-0.05, 0) is 24.6 Å². The number of carbonyl (C=O) groups excluding carboxylic acids is 1. The molecule has 0 aliphatic heterocycles. The van der Waals surface area contributed by atoms with Crippen molar-refractivity contribution in [2.24, 2.45) is 0 Å². The number of carbonyl (C=O) groups is 1. The van der Waals surface area contributed by atoms with E-state index >= 15 is 0 Å². The second-order valence-corrected chi connectivity index (χ2v) is 8.40. The summed E-state index contributed by atoms with van der Waals surface area (Å²) in [7, 11) is -3.67. The third-order valence-corrected chi connectivity index (χ3v) is 6.77. The van der Waals surface area contributed by atoms with Crippen LogP contribution in [0.2, 0.25) is 4.34 Å². The van der Waals surface area contributed by atoms with Gasteiger partial charge in [0.1, 0.15) is 16.6 Å². The predicted octanol–water partition coefficient (Wildman–Crippen LogP) is 2.89. The number of aryl methyl sites for hydroxylation is 1. The lowest BCUT2D eigenvalue weighted by Crippen LogP contribution is -2.31. The van der Waals surface area contributed by atoms with Crippen molar-refractivity contribution in [3.8, 4) is 0 Å². The number of hydrogen-bond acceptors (Lipinski definition) is 7. The summed E-state index contributed by atoms with van der Waals surface area (Å²) in [6.45, 7) is 5.79. The summed E-state index contributed by atoms with van der Waals surface area (Å²) in [5, 5.41) is 3.75. The molecule has 1 aromatic heterocycles. The summed E-state index contributed by atoms with van der Waals surface area (Å²) >= 11 is 6.86. The molecule has 2 aromatic rings. The van der Waals surface area contributed by atoms with E-state index in [0.717, 1.165) is 11.5 Å². The van der Waals surface area contributed by atoms with E-state index in [1.807, 2.05) is 0 Å². The van der Waals surface area contributed by atoms with E-state index in [0.29, 0.717) is 28.7 Å². The number of ether oxygens (including phenoxy) is 1. The van der Waals surface area contributed by atoms with Crippen molar-refractivity contribution in [2.75, 3.05) is 13.1 Å². The summed E-state index contributed by atoms with van der Waals surface area (Å²) in [4.78, 5) is 12.3. The molecular weight excluding hydrogens is 386 g/mol. The maximum atomic E-state index is 12.7. The molecule has 25 heavy (non-hydrogen) atoms. The van der Waals surface area contributed by atoms with Gasteiger partial charge in [-0.25, -0.2) is 13.2 Å². The van der Waals surface area contributed by atoms with E-state index < -0.39 is 16.0 Å². The molecule has 0 fully saturated rings. The molecule has 0 saturated carbocycles. The molecular formula is C15H18ClN3O4S2. The standard InChI is InChI=1S/C15H18ClN3O4S2/c1-4-19(5-2)25(21,22)13-8-11(7-6-10(13)3)15(20)23-9-12-14(16)24-18-17-12/h6-8H,4-5,9H2,1-3H3. The molecule has 1 aromatic carbocycles. The summed E-state index contributed by atoms with van der Waals surface area (Å²) in [5.41, 5.74) is 1.08. The highest BCUT2D eigenvalue weighted by atomic mass is 35.5. The van der Waals surface area contributed by atoms with Crippen molar-refractivity contribution < 1.29 is 17.9 Å². The lowest BCUT2D eigenvalue weighted by molar-refractivity contribution is 0.0467. The first kappa shape index (κ1) is 19.8. The molecule has 0 unspecified atom stereocenters. The molecule has 10 heteroatoms. The van der Waals surface area contributed by atoms with Gasteiger partial charge in [0.2, 0.25) is 10.0 Å². The van der Waals surface area contributed by atoms with Crippen LogP contribution in [0.1, 0.15) is 35.5 Å². The number of halogens is 1. The number of sulfonamides is 1. The number of rotatable bonds is 7. The Morgan fingerprint density at radius 3 is 2.56 bits per heavy atom. The molecule has 2 rings (SSSR count). The van der Waals surface area contributed by atoms with Gasteiger partial charge in [-0.2, -0.15) is 4.31 Å². The first-order valence-electron chi connectivity index (χ1n) is 7.55. The normalized spacial score (nSPS) is 11.7. The zero-order valence-corrected chi connectivity index (χ0v) is 16.4. The second kappa shape index (κ2) is 8.22. The van der Waals surface area contributed by atoms with E-state index in [4.69, 9.17) is 16.3 Å². The van der Waals surface area contributed by atoms with E-state index in [-0.39, 0.29) is 17.1 Å². The SMILES string of the molecule is CCN(CC)S(=O)(=O)c1cc(C(=O)OCc2nnsc2Cl)ccc1C. The number of benzene rings is 1. The first-order chi connectivity index (χ1) is 11.8. The molecule has 7 nitrogen and oxygen atoms in total. The van der Waals surface area contributed by atoms with Crippen LogP contribution in [0, 0.1) is 6.92 Å². The van der Waals surface area contributed by atoms with Crippen LogP contribution >= 0.6 is 23.1 Å². The highest BCUT2D eigenvalue weighted by Crippen LogP contribution is 2.23. The van der Waals surface area contributed by atoms with Gasteiger partial charge < -0.3 is 4.74 Å². The summed E-state index contributed by atoms with van der Waals surface area (Å²) < 4.78 is 35.9. The summed E-state index contributed by atoms with van der Waals surface area (Å²) in [6.07, 6.45) is 0. The maximum absolute atomic E-state index is 12.7. The Morgan fingerprint density at radius 1 is 1.32 bits per heavy atom. The van der Waals surface area contributed by atoms with Gasteiger partial charge in [-0.3, -0.25) is 0 Å². The Morgan fingerprint density at radius 2 is 2.00 bits per heavy atom. The van der Waals surface area contributed by atoms with Crippen molar-refractivity contribution in [2.45, 2.75) is 32.3 Å². The van der Waals surface area contributed by atoms with Gasteiger partial charge in [0.05, 0.1) is 10.5 Å². The quantitative estimate of drug-likeness (QED) is 0.660. The van der Waals surface area contributed by atoms with Gasteiger partial charge >= 0.3 is 5.97 Å². The van der Waals surface area contributed by atoms with Crippen molar-refractivity contribution in [3.05, 3.63) is 39.4 Å². The van der Waals surface area contributed by atoms with E-state index in [2.05, 4.69) is 9.59 Å². The molecule has 0 N–H and O–H groups in total. The van der Waals surface area contributed by atoms with E-state index in [1.165, 1.54) is 16.4 Å². The lowest BCUT2D eigenvalue weighted by atomic mass is 10.1. The van der Waals surface area contributed by atoms with E-state index in [1.54, 1.807) is 26.8 Å². The molecule has 0 aliphatic rings. The van der Waals surface area contributed by atoms with Gasteiger partial charge in [-0.15, -0.1) is 5.10 Å². The Hall–Kier alpha value is -1.55. The van der Waals surface area contributed by atoms with Crippen LogP contribution in [-0.4, -0.2) is 41.4 Å². The van der Waals surface area contributed by atoms with Crippen LogP contribution in [0.15, 0.2) is 23.1 Å². The number of esters is 1. The average Bonchev–Trinajstić information content (AvgIpc) is 2.98. The van der Waals surface area contributed by atoms with Crippen LogP contribution in [0.4, 0.5) is 0 Å². The molecule has 136 valence electrons. The largest absolute Gasteiger partial charge is 0.455 e. The second-order valence-electron chi connectivity index (χ2n) is 5.14. The predicted molar refractivity (Wildman–Crippen MR) is 95.3 cm³/mol. The van der Waals surface area contributed by atoms with Crippen molar-refractivity contribution in [1.82, 2.24) is 13.9 Å². The van der Waals surface area contributed by atoms with E-state index in [9.17, 15) is 13.2 Å². The Bertz CT molecular complexity index is 863. The number of hydrogen-bond donors (Lipinski definition) is 0. The topological polar surface area (TPSA) is 89.5 Å². The van der Waals surface area contributed by atoms with Crippen LogP contribution in [0.5, 0.6) is 0 Å². The molecule has 0 amide bonds. The number of aromatic nitrogens is 2. The highest BCUT2D eigenvalue weighted by molar-refractivity contribution is 7.89. The molecule has 0 atom stereocenters. The average molecular weight is 404 g/mol. The first-order valence-corrected chi connectivity index (χ1v) is 10.1. The van der Waals surface area contributed by atoms with Crippen LogP contribution in [-0.2, 0) is 21.4 Å². The van der Waals surface area contributed by atoms with Gasteiger partial charge in [0.25, 0.3) is 0 Å². The monoisotopic (exact) mass is 403 g/mol. The van der Waals surface area contributed by atoms with Gasteiger partial charge in [0, 0.05) is 24.6 Å². The Kier molecular flexibility index (Phi) is 6.50. The van der Waals surface area contributed by atoms with Crippen LogP contribution in [0.25, 0.3) is 0 Å². The maximum Gasteiger partial charge on any atom is 0.338 e. The van der Waals surface area contributed by atoms with Gasteiger partial charge in [-0.1, -0.05) is 36.0 Å². The van der Waals surface area contributed by atoms with Gasteiger partial charge in [0.15, 0.2) is 0 Å². The minimum absolute atomic E-state index is 0.0963. The Balaban J connectivity index is 2.26. The minimum Gasteiger partial charge on any atom is -0.455 e. The fraction of sp³-hybridized carbons (Fsp3) is 0.400. The summed E-state index contributed by atoms with van der Waals surface area (Å²) in [6, 6.07) is 4.45. The summed E-state index contributed by atoms with van der Waals surface area (Å²) in [5.74, 6) is -0.653. The Labute approximate surface area is 155 Å². The smallest absolute Gasteiger partial charge is 0.338 e. The fourth-order valence-corrected chi connectivity index (χ4v) is 4.52. The number of nitrogens with zero attached hydrogens (tertiary/aromatic N) is 3. The molecule has 0 bridgehead atoms. The molecule has 0 saturated heterocycles. The van der Waals surface area contributed by atoms with Crippen LogP contribution < -0.4 is 0 Å². The molecule has 1 heterocycles. The third-order valence-electron chi connectivity index (χ3n) is 3.60. The van der Waals surface area contributed by atoms with Crippen molar-refractivity contribution >= 4 is 39.1 Å². The molecule has 0 spiro atoms. The van der Waals surface area contributed by atoms with Crippen LogP contribution in [0.3, 0.4) is 0 Å². The third kappa shape index (κ3) is 4.35. The lowest BCUT2D eigenvalue weighted by Gasteiger charge is -2.20. The zero-order chi connectivity index (χ0) is 18.6. The fourth-order valence-electron chi connectivity index (χ4n) is 2.21. The molecule has 0 radical (unpaired) electrons.